The van der Waals surface area contributed by atoms with E-state index in [0.29, 0.717) is 6.04 Å². The lowest BCUT2D eigenvalue weighted by molar-refractivity contribution is -0.00548. The highest BCUT2D eigenvalue weighted by atomic mass is 16.5. The molecule has 66 valence electrons. The van der Waals surface area contributed by atoms with Crippen molar-refractivity contribution < 1.29 is 4.74 Å². The highest BCUT2D eigenvalue weighted by Gasteiger charge is 2.30. The van der Waals surface area contributed by atoms with Gasteiger partial charge in [0.1, 0.15) is 0 Å². The molecule has 1 saturated carbocycles. The van der Waals surface area contributed by atoms with Gasteiger partial charge >= 0.3 is 0 Å². The lowest BCUT2D eigenvalue weighted by atomic mass is 10.0. The SMILES string of the molecule is COC(C)(C)C(C)NC1CC1. The fourth-order valence-electron chi connectivity index (χ4n) is 0.981. The maximum absolute atomic E-state index is 5.37. The Morgan fingerprint density at radius 3 is 2.36 bits per heavy atom. The topological polar surface area (TPSA) is 21.3 Å². The summed E-state index contributed by atoms with van der Waals surface area (Å²) in [5.41, 5.74) is -0.0391. The molecule has 1 aliphatic rings. The van der Waals surface area contributed by atoms with Crippen LogP contribution in [0.4, 0.5) is 0 Å². The fourth-order valence-corrected chi connectivity index (χ4v) is 0.981. The molecule has 1 rings (SSSR count). The lowest BCUT2D eigenvalue weighted by Gasteiger charge is -2.31. The van der Waals surface area contributed by atoms with Crippen molar-refractivity contribution in [2.45, 2.75) is 51.3 Å². The van der Waals surface area contributed by atoms with Crippen molar-refractivity contribution >= 4 is 0 Å². The Labute approximate surface area is 69.3 Å². The average Bonchev–Trinajstić information content (AvgIpc) is 2.72. The lowest BCUT2D eigenvalue weighted by Crippen LogP contribution is -2.46. The first kappa shape index (κ1) is 9.01. The summed E-state index contributed by atoms with van der Waals surface area (Å²) >= 11 is 0. The van der Waals surface area contributed by atoms with E-state index < -0.39 is 0 Å². The molecule has 1 fully saturated rings. The van der Waals surface area contributed by atoms with E-state index in [0.717, 1.165) is 6.04 Å². The van der Waals surface area contributed by atoms with E-state index in [1.54, 1.807) is 7.11 Å². The van der Waals surface area contributed by atoms with Crippen LogP contribution in [0.1, 0.15) is 33.6 Å². The fraction of sp³-hybridized carbons (Fsp3) is 1.00. The zero-order chi connectivity index (χ0) is 8.48. The van der Waals surface area contributed by atoms with Crippen molar-refractivity contribution in [1.82, 2.24) is 5.32 Å². The van der Waals surface area contributed by atoms with Gasteiger partial charge in [-0.15, -0.1) is 0 Å². The molecule has 0 aromatic rings. The Kier molecular flexibility index (Phi) is 2.55. The van der Waals surface area contributed by atoms with Crippen molar-refractivity contribution in [3.63, 3.8) is 0 Å². The molecule has 0 saturated heterocycles. The number of rotatable bonds is 4. The van der Waals surface area contributed by atoms with Crippen LogP contribution >= 0.6 is 0 Å². The van der Waals surface area contributed by atoms with E-state index >= 15 is 0 Å². The van der Waals surface area contributed by atoms with E-state index in [4.69, 9.17) is 4.74 Å². The summed E-state index contributed by atoms with van der Waals surface area (Å²) < 4.78 is 5.37. The third kappa shape index (κ3) is 2.46. The van der Waals surface area contributed by atoms with Gasteiger partial charge < -0.3 is 10.1 Å². The van der Waals surface area contributed by atoms with Crippen LogP contribution in [-0.2, 0) is 4.74 Å². The van der Waals surface area contributed by atoms with Gasteiger partial charge in [-0.2, -0.15) is 0 Å². The van der Waals surface area contributed by atoms with Crippen LogP contribution in [0, 0.1) is 0 Å². The number of methoxy groups -OCH3 is 1. The van der Waals surface area contributed by atoms with Gasteiger partial charge in [0.05, 0.1) is 5.60 Å². The Morgan fingerprint density at radius 1 is 1.45 bits per heavy atom. The summed E-state index contributed by atoms with van der Waals surface area (Å²) in [7, 11) is 1.77. The van der Waals surface area contributed by atoms with Crippen molar-refractivity contribution in [2.75, 3.05) is 7.11 Å². The zero-order valence-corrected chi connectivity index (χ0v) is 7.98. The molecule has 0 aliphatic heterocycles. The monoisotopic (exact) mass is 157 g/mol. The first-order chi connectivity index (χ1) is 5.06. The second kappa shape index (κ2) is 3.11. The molecule has 1 aliphatic carbocycles. The van der Waals surface area contributed by atoms with Gasteiger partial charge in [0.15, 0.2) is 0 Å². The quantitative estimate of drug-likeness (QED) is 0.668. The molecule has 2 nitrogen and oxygen atoms in total. The molecule has 1 N–H and O–H groups in total. The summed E-state index contributed by atoms with van der Waals surface area (Å²) in [4.78, 5) is 0. The van der Waals surface area contributed by atoms with Crippen LogP contribution in [0.15, 0.2) is 0 Å². The molecule has 0 spiro atoms. The van der Waals surface area contributed by atoms with Crippen LogP contribution in [0.3, 0.4) is 0 Å². The van der Waals surface area contributed by atoms with Crippen LogP contribution in [0.5, 0.6) is 0 Å². The van der Waals surface area contributed by atoms with E-state index in [-0.39, 0.29) is 5.60 Å². The van der Waals surface area contributed by atoms with Crippen molar-refractivity contribution in [3.8, 4) is 0 Å². The molecular formula is C9H19NO. The molecule has 0 aromatic heterocycles. The van der Waals surface area contributed by atoms with Gasteiger partial charge in [0.2, 0.25) is 0 Å². The predicted molar refractivity (Wildman–Crippen MR) is 46.7 cm³/mol. The minimum Gasteiger partial charge on any atom is -0.377 e. The highest BCUT2D eigenvalue weighted by molar-refractivity contribution is 4.89. The Bertz CT molecular complexity index is 130. The van der Waals surface area contributed by atoms with Crippen LogP contribution in [0.25, 0.3) is 0 Å². The van der Waals surface area contributed by atoms with Crippen LogP contribution in [-0.4, -0.2) is 24.8 Å². The Hall–Kier alpha value is -0.0800. The van der Waals surface area contributed by atoms with Gasteiger partial charge in [-0.25, -0.2) is 0 Å². The summed E-state index contributed by atoms with van der Waals surface area (Å²) in [6, 6.07) is 1.21. The van der Waals surface area contributed by atoms with Gasteiger partial charge in [-0.1, -0.05) is 0 Å². The smallest absolute Gasteiger partial charge is 0.0772 e. The number of nitrogens with one attached hydrogen (secondary N) is 1. The van der Waals surface area contributed by atoms with Gasteiger partial charge in [0, 0.05) is 19.2 Å². The molecule has 0 heterocycles. The Balaban J connectivity index is 2.31. The predicted octanol–water partition coefficient (Wildman–Crippen LogP) is 1.55. The number of ether oxygens (including phenoxy) is 1. The molecule has 1 atom stereocenters. The third-order valence-corrected chi connectivity index (χ3v) is 2.63. The standard InChI is InChI=1S/C9H19NO/c1-7(9(2,3)11-4)10-8-5-6-8/h7-8,10H,5-6H2,1-4H3. The number of hydrogen-bond donors (Lipinski definition) is 1. The largest absolute Gasteiger partial charge is 0.377 e. The summed E-state index contributed by atoms with van der Waals surface area (Å²) in [5.74, 6) is 0. The normalized spacial score (nSPS) is 21.8. The van der Waals surface area contributed by atoms with E-state index in [2.05, 4.69) is 26.1 Å². The third-order valence-electron chi connectivity index (χ3n) is 2.63. The van der Waals surface area contributed by atoms with E-state index in [9.17, 15) is 0 Å². The summed E-state index contributed by atoms with van der Waals surface area (Å²) in [6.07, 6.45) is 2.67. The van der Waals surface area contributed by atoms with Crippen molar-refractivity contribution in [3.05, 3.63) is 0 Å². The Morgan fingerprint density at radius 2 is 2.00 bits per heavy atom. The number of hydrogen-bond acceptors (Lipinski definition) is 2. The second-order valence-corrected chi connectivity index (χ2v) is 3.97. The maximum Gasteiger partial charge on any atom is 0.0772 e. The first-order valence-corrected chi connectivity index (χ1v) is 4.37. The minimum absolute atomic E-state index is 0.0391. The molecule has 2 heteroatoms. The second-order valence-electron chi connectivity index (χ2n) is 3.97. The average molecular weight is 157 g/mol. The molecule has 0 aromatic carbocycles. The molecule has 11 heavy (non-hydrogen) atoms. The molecular weight excluding hydrogens is 138 g/mol. The van der Waals surface area contributed by atoms with Gasteiger partial charge in [-0.05, 0) is 33.6 Å². The van der Waals surface area contributed by atoms with Crippen LogP contribution < -0.4 is 5.32 Å². The molecule has 0 bridgehead atoms. The summed E-state index contributed by atoms with van der Waals surface area (Å²) in [6.45, 7) is 6.42. The molecule has 0 amide bonds. The van der Waals surface area contributed by atoms with Gasteiger partial charge in [0.25, 0.3) is 0 Å². The summed E-state index contributed by atoms with van der Waals surface area (Å²) in [5, 5.41) is 3.52. The first-order valence-electron chi connectivity index (χ1n) is 4.37. The van der Waals surface area contributed by atoms with E-state index in [1.807, 2.05) is 0 Å². The minimum atomic E-state index is -0.0391. The van der Waals surface area contributed by atoms with E-state index in [1.165, 1.54) is 12.8 Å². The van der Waals surface area contributed by atoms with Gasteiger partial charge in [-0.3, -0.25) is 0 Å². The molecule has 0 radical (unpaired) electrons. The molecule has 1 unspecified atom stereocenters. The maximum atomic E-state index is 5.37. The van der Waals surface area contributed by atoms with Crippen LogP contribution in [0.2, 0.25) is 0 Å². The zero-order valence-electron chi connectivity index (χ0n) is 7.98. The highest BCUT2D eigenvalue weighted by Crippen LogP contribution is 2.22. The van der Waals surface area contributed by atoms with Crippen molar-refractivity contribution in [1.29, 1.82) is 0 Å². The van der Waals surface area contributed by atoms with Crippen molar-refractivity contribution in [2.24, 2.45) is 0 Å².